The van der Waals surface area contributed by atoms with Crippen LogP contribution in [0.3, 0.4) is 0 Å². The van der Waals surface area contributed by atoms with Gasteiger partial charge in [0.1, 0.15) is 16.7 Å². The predicted molar refractivity (Wildman–Crippen MR) is 132 cm³/mol. The molecule has 1 amide bonds. The van der Waals surface area contributed by atoms with Crippen molar-refractivity contribution >= 4 is 39.4 Å². The summed E-state index contributed by atoms with van der Waals surface area (Å²) >= 11 is 0.523. The van der Waals surface area contributed by atoms with Crippen molar-refractivity contribution in [3.8, 4) is 0 Å². The second-order valence-electron chi connectivity index (χ2n) is 7.48. The molecule has 0 spiro atoms. The number of nitrogen functional groups attached to an aromatic ring is 1. The average molecular weight is 453 g/mol. The van der Waals surface area contributed by atoms with Crippen molar-refractivity contribution in [1.82, 2.24) is 14.9 Å². The number of rotatable bonds is 8. The van der Waals surface area contributed by atoms with Crippen molar-refractivity contribution < 1.29 is 15.0 Å². The maximum absolute atomic E-state index is 11.9. The standard InChI is InChI=1S/C24H28N4O3S/c1-15-6-4-7-18-8-5-9-20(22(15)18)24(31)32-21(10-11-29)16(2)28(14-30)13-19-12-26-17(3)27-23(19)25/h4-9,12,14,29,31-32H,10-11,13H2,1-3H3,(H2,25,26,27)/b21-16-. The number of fused-ring (bicyclic) bond motifs is 1. The summed E-state index contributed by atoms with van der Waals surface area (Å²) in [5.41, 5.74) is 9.05. The van der Waals surface area contributed by atoms with Crippen LogP contribution in [-0.2, 0) is 11.3 Å². The van der Waals surface area contributed by atoms with E-state index < -0.39 is 0 Å². The summed E-state index contributed by atoms with van der Waals surface area (Å²) in [6, 6.07) is 11.8. The first-order valence-corrected chi connectivity index (χ1v) is 11.1. The Balaban J connectivity index is 2.03. The maximum Gasteiger partial charge on any atom is 0.214 e. The zero-order valence-corrected chi connectivity index (χ0v) is 19.3. The summed E-state index contributed by atoms with van der Waals surface area (Å²) in [6.45, 7) is 5.63. The van der Waals surface area contributed by atoms with Gasteiger partial charge in [-0.15, -0.1) is 11.4 Å². The Hall–Kier alpha value is -3.07. The molecule has 0 radical (unpaired) electrons. The van der Waals surface area contributed by atoms with Gasteiger partial charge in [0.2, 0.25) is 6.41 Å². The first-order valence-electron chi connectivity index (χ1n) is 10.2. The van der Waals surface area contributed by atoms with Crippen molar-refractivity contribution in [3.63, 3.8) is 0 Å². The molecule has 3 aromatic rings. The molecule has 2 aromatic carbocycles. The Morgan fingerprint density at radius 3 is 2.59 bits per heavy atom. The maximum atomic E-state index is 11.9. The number of hydrogen-bond donors (Lipinski definition) is 4. The summed E-state index contributed by atoms with van der Waals surface area (Å²) in [4.78, 5) is 22.4. The van der Waals surface area contributed by atoms with E-state index >= 15 is 0 Å². The molecule has 7 nitrogen and oxygen atoms in total. The molecule has 0 saturated carbocycles. The molecule has 32 heavy (non-hydrogen) atoms. The van der Waals surface area contributed by atoms with Crippen molar-refractivity contribution in [2.24, 2.45) is 0 Å². The minimum Gasteiger partial charge on any atom is -0.396 e. The van der Waals surface area contributed by atoms with Gasteiger partial charge in [0.15, 0.2) is 0 Å². The molecule has 1 heterocycles. The van der Waals surface area contributed by atoms with E-state index in [1.807, 2.05) is 43.3 Å². The number of aryl methyl sites for hydroxylation is 2. The molecule has 4 N–H and O–H groups in total. The van der Waals surface area contributed by atoms with Crippen LogP contribution in [0.1, 0.15) is 35.9 Å². The van der Waals surface area contributed by atoms with Gasteiger partial charge in [-0.3, -0.25) is 4.79 Å². The molecule has 1 aromatic heterocycles. The van der Waals surface area contributed by atoms with Crippen molar-refractivity contribution in [3.05, 3.63) is 75.7 Å². The Morgan fingerprint density at radius 2 is 1.94 bits per heavy atom. The summed E-state index contributed by atoms with van der Waals surface area (Å²) in [7, 11) is 0. The van der Waals surface area contributed by atoms with Crippen LogP contribution in [0.25, 0.3) is 10.8 Å². The van der Waals surface area contributed by atoms with E-state index in [1.165, 1.54) is 4.90 Å². The molecule has 0 bridgehead atoms. The fraction of sp³-hybridized carbons (Fsp3) is 0.250. The minimum atomic E-state index is -0.107. The highest BCUT2D eigenvalue weighted by Crippen LogP contribution is 2.28. The van der Waals surface area contributed by atoms with Crippen LogP contribution in [0.4, 0.5) is 5.82 Å². The van der Waals surface area contributed by atoms with Gasteiger partial charge >= 0.3 is 0 Å². The molecule has 0 unspecified atom stereocenters. The summed E-state index contributed by atoms with van der Waals surface area (Å²) in [5.74, 6) is 0.875. The molecule has 3 rings (SSSR count). The second kappa shape index (κ2) is 10.5. The molecule has 0 aliphatic carbocycles. The number of amides is 1. The number of aliphatic hydroxyl groups is 2. The fourth-order valence-electron chi connectivity index (χ4n) is 3.55. The van der Waals surface area contributed by atoms with Crippen molar-refractivity contribution in [2.45, 2.75) is 33.7 Å². The number of thiol groups is 1. The molecular weight excluding hydrogens is 424 g/mol. The number of carbonyl (C=O) groups is 1. The third-order valence-corrected chi connectivity index (χ3v) is 6.55. The number of anilines is 1. The van der Waals surface area contributed by atoms with Gasteiger partial charge in [0.05, 0.1) is 6.54 Å². The molecule has 0 fully saturated rings. The quantitative estimate of drug-likeness (QED) is 0.236. The Morgan fingerprint density at radius 1 is 1.22 bits per heavy atom. The summed E-state index contributed by atoms with van der Waals surface area (Å²) in [5, 5.41) is 22.9. The molecule has 0 aliphatic heterocycles. The molecule has 8 heteroatoms. The first-order chi connectivity index (χ1) is 15.3. The second-order valence-corrected chi connectivity index (χ2v) is 8.67. The van der Waals surface area contributed by atoms with Gasteiger partial charge in [-0.25, -0.2) is 9.97 Å². The minimum absolute atomic E-state index is 0.107. The predicted octanol–water partition coefficient (Wildman–Crippen LogP) is 3.60. The Kier molecular flexibility index (Phi) is 7.74. The van der Waals surface area contributed by atoms with Gasteiger partial charge in [0.25, 0.3) is 0 Å². The van der Waals surface area contributed by atoms with Gasteiger partial charge in [-0.05, 0) is 37.1 Å². The van der Waals surface area contributed by atoms with E-state index in [-0.39, 0.29) is 18.2 Å². The lowest BCUT2D eigenvalue weighted by Gasteiger charge is -2.21. The number of allylic oxidation sites excluding steroid dienone is 1. The van der Waals surface area contributed by atoms with Crippen LogP contribution in [0.2, 0.25) is 0 Å². The SMILES string of the molecule is C/C(=C(CCO)/[SH]=C(\O)c1cccc2cccc(C)c12)N(C=O)Cc1cnc(C)nc1N. The van der Waals surface area contributed by atoms with Crippen LogP contribution in [-0.4, -0.2) is 43.1 Å². The normalized spacial score (nSPS) is 12.8. The topological polar surface area (TPSA) is 113 Å². The van der Waals surface area contributed by atoms with E-state index in [1.54, 1.807) is 20.0 Å². The molecule has 168 valence electrons. The number of aromatic nitrogens is 2. The number of carbonyl (C=O) groups excluding carboxylic acids is 1. The van der Waals surface area contributed by atoms with E-state index in [0.717, 1.165) is 26.8 Å². The first kappa shape index (κ1) is 23.6. The number of benzene rings is 2. The van der Waals surface area contributed by atoms with E-state index in [2.05, 4.69) is 9.97 Å². The van der Waals surface area contributed by atoms with Gasteiger partial charge < -0.3 is 20.8 Å². The van der Waals surface area contributed by atoms with Crippen molar-refractivity contribution in [1.29, 1.82) is 0 Å². The molecule has 0 aliphatic rings. The lowest BCUT2D eigenvalue weighted by atomic mass is 10.0. The van der Waals surface area contributed by atoms with E-state index in [0.29, 0.717) is 47.1 Å². The zero-order chi connectivity index (χ0) is 23.3. The highest BCUT2D eigenvalue weighted by Gasteiger charge is 2.14. The lowest BCUT2D eigenvalue weighted by molar-refractivity contribution is -0.116. The molecule has 0 saturated heterocycles. The zero-order valence-electron chi connectivity index (χ0n) is 18.4. The van der Waals surface area contributed by atoms with Crippen LogP contribution < -0.4 is 5.73 Å². The fourth-order valence-corrected chi connectivity index (χ4v) is 4.61. The number of nitrogens with two attached hydrogens (primary N) is 1. The van der Waals surface area contributed by atoms with Gasteiger partial charge in [-0.2, -0.15) is 0 Å². The number of nitrogens with zero attached hydrogens (tertiary/aromatic N) is 3. The van der Waals surface area contributed by atoms with E-state index in [4.69, 9.17) is 5.73 Å². The van der Waals surface area contributed by atoms with Crippen molar-refractivity contribution in [2.75, 3.05) is 12.3 Å². The van der Waals surface area contributed by atoms with Gasteiger partial charge in [-0.1, -0.05) is 36.4 Å². The molecule has 0 atom stereocenters. The number of aliphatic hydroxyl groups excluding tert-OH is 2. The molecular formula is C24H28N4O3S. The highest BCUT2D eigenvalue weighted by molar-refractivity contribution is 8.02. The average Bonchev–Trinajstić information content (AvgIpc) is 2.77. The highest BCUT2D eigenvalue weighted by atomic mass is 32.1. The van der Waals surface area contributed by atoms with Crippen LogP contribution in [0, 0.1) is 13.8 Å². The third kappa shape index (κ3) is 5.21. The largest absolute Gasteiger partial charge is 0.396 e. The monoisotopic (exact) mass is 452 g/mol. The van der Waals surface area contributed by atoms with Crippen LogP contribution in [0.5, 0.6) is 0 Å². The summed E-state index contributed by atoms with van der Waals surface area (Å²) < 4.78 is 0. The Bertz CT molecular complexity index is 1200. The van der Waals surface area contributed by atoms with E-state index in [9.17, 15) is 15.0 Å². The third-order valence-electron chi connectivity index (χ3n) is 5.28. The Labute approximate surface area is 191 Å². The van der Waals surface area contributed by atoms with Crippen LogP contribution >= 0.6 is 11.4 Å². The number of hydrogen-bond acceptors (Lipinski definition) is 5. The lowest BCUT2D eigenvalue weighted by Crippen LogP contribution is -2.22. The van der Waals surface area contributed by atoms with Crippen LogP contribution in [0.15, 0.2) is 53.2 Å². The van der Waals surface area contributed by atoms with Gasteiger partial charge in [0, 0.05) is 41.0 Å². The smallest absolute Gasteiger partial charge is 0.214 e. The summed E-state index contributed by atoms with van der Waals surface area (Å²) in [6.07, 6.45) is 2.62.